The van der Waals surface area contributed by atoms with E-state index in [2.05, 4.69) is 155 Å². The molecule has 0 fully saturated rings. The van der Waals surface area contributed by atoms with Crippen molar-refractivity contribution in [3.63, 3.8) is 0 Å². The summed E-state index contributed by atoms with van der Waals surface area (Å²) in [6.45, 7) is 15.8. The molecule has 0 saturated carbocycles. The van der Waals surface area contributed by atoms with E-state index in [4.69, 9.17) is 0 Å². The Labute approximate surface area is 251 Å². The minimum atomic E-state index is -0.767. The van der Waals surface area contributed by atoms with Crippen molar-refractivity contribution in [2.24, 2.45) is 5.92 Å². The SMILES string of the molecule is C=C(C)CC(CC)C(CC(=C)C)(P(c1ccccc1)c1ccccc1)P(c1ccccc1)c1ccccc1.[Ru]. The van der Waals surface area contributed by atoms with Crippen LogP contribution in [0.15, 0.2) is 146 Å². The zero-order valence-electron chi connectivity index (χ0n) is 23.4. The third kappa shape index (κ3) is 7.33. The molecule has 0 amide bonds. The van der Waals surface area contributed by atoms with Crippen LogP contribution in [0, 0.1) is 5.92 Å². The quantitative estimate of drug-likeness (QED) is 0.0829. The van der Waals surface area contributed by atoms with Gasteiger partial charge in [0.15, 0.2) is 0 Å². The van der Waals surface area contributed by atoms with Gasteiger partial charge >= 0.3 is 0 Å². The molecule has 1 atom stereocenters. The van der Waals surface area contributed by atoms with Crippen LogP contribution < -0.4 is 21.2 Å². The third-order valence-electron chi connectivity index (χ3n) is 7.14. The Balaban J connectivity index is 0.00000420. The topological polar surface area (TPSA) is 0 Å². The summed E-state index contributed by atoms with van der Waals surface area (Å²) in [5.41, 5.74) is 2.51. The molecule has 0 saturated heterocycles. The molecule has 202 valence electrons. The first-order valence-electron chi connectivity index (χ1n) is 13.6. The number of hydrogen-bond donors (Lipinski definition) is 0. The zero-order chi connectivity index (χ0) is 27.0. The monoisotopic (exact) mass is 636 g/mol. The Morgan fingerprint density at radius 3 is 1.13 bits per heavy atom. The van der Waals surface area contributed by atoms with Crippen LogP contribution in [-0.2, 0) is 19.5 Å². The standard InChI is InChI=1S/C36H40P2.Ru/c1-6-31(27-29(2)3)36(28-30(4)5,37(32-19-11-7-12-20-32)33-21-13-8-14-22-33)38(34-23-15-9-16-24-34)35-25-17-10-18-26-35;/h7-26,31H,2,4,6,27-28H2,1,3,5H3;. The molecule has 0 aliphatic heterocycles. The van der Waals surface area contributed by atoms with Gasteiger partial charge in [0.05, 0.1) is 0 Å². The predicted molar refractivity (Wildman–Crippen MR) is 174 cm³/mol. The molecule has 39 heavy (non-hydrogen) atoms. The molecule has 4 aromatic rings. The van der Waals surface area contributed by atoms with Crippen LogP contribution in [0.5, 0.6) is 0 Å². The van der Waals surface area contributed by atoms with Gasteiger partial charge < -0.3 is 0 Å². The second kappa shape index (κ2) is 15.0. The summed E-state index contributed by atoms with van der Waals surface area (Å²) in [6, 6.07) is 45.2. The Bertz CT molecular complexity index is 1140. The van der Waals surface area contributed by atoms with E-state index in [-0.39, 0.29) is 24.4 Å². The van der Waals surface area contributed by atoms with Gasteiger partial charge in [-0.3, -0.25) is 0 Å². The molecule has 0 radical (unpaired) electrons. The first-order chi connectivity index (χ1) is 18.5. The van der Waals surface area contributed by atoms with Crippen molar-refractivity contribution in [3.8, 4) is 0 Å². The van der Waals surface area contributed by atoms with E-state index in [9.17, 15) is 0 Å². The normalized spacial score (nSPS) is 12.1. The summed E-state index contributed by atoms with van der Waals surface area (Å²) >= 11 is 0. The van der Waals surface area contributed by atoms with E-state index in [1.165, 1.54) is 32.4 Å². The maximum Gasteiger partial charge on any atom is 0.0334 e. The molecule has 1 unspecified atom stereocenters. The fraction of sp³-hybridized carbons (Fsp3) is 0.222. The number of allylic oxidation sites excluding steroid dienone is 2. The minimum absolute atomic E-state index is 0. The second-order valence-corrected chi connectivity index (χ2v) is 15.6. The van der Waals surface area contributed by atoms with Crippen LogP contribution in [-0.4, -0.2) is 4.90 Å². The Morgan fingerprint density at radius 1 is 0.590 bits per heavy atom. The van der Waals surface area contributed by atoms with Gasteiger partial charge in [-0.25, -0.2) is 0 Å². The molecule has 0 nitrogen and oxygen atoms in total. The van der Waals surface area contributed by atoms with E-state index in [0.29, 0.717) is 5.92 Å². The van der Waals surface area contributed by atoms with Crippen molar-refractivity contribution in [1.29, 1.82) is 0 Å². The molecule has 4 aromatic carbocycles. The maximum atomic E-state index is 4.57. The van der Waals surface area contributed by atoms with Crippen LogP contribution in [0.1, 0.15) is 40.0 Å². The van der Waals surface area contributed by atoms with E-state index in [0.717, 1.165) is 19.3 Å². The second-order valence-electron chi connectivity index (χ2n) is 10.3. The number of benzene rings is 4. The molecule has 0 aromatic heterocycles. The van der Waals surface area contributed by atoms with Gasteiger partial charge in [-0.1, -0.05) is 146 Å². The smallest absolute Gasteiger partial charge is 0.0334 e. The third-order valence-corrected chi connectivity index (χ3v) is 14.2. The summed E-state index contributed by atoms with van der Waals surface area (Å²) in [4.78, 5) is -0.0599. The molecule has 0 bridgehead atoms. The predicted octanol–water partition coefficient (Wildman–Crippen LogP) is 8.90. The first kappa shape index (κ1) is 31.4. The molecule has 3 heteroatoms. The number of hydrogen-bond acceptors (Lipinski definition) is 0. The minimum Gasteiger partial charge on any atom is -0.100 e. The fourth-order valence-electron chi connectivity index (χ4n) is 5.77. The molecule has 0 aliphatic rings. The molecule has 0 N–H and O–H groups in total. The van der Waals surface area contributed by atoms with E-state index in [1.807, 2.05) is 0 Å². The van der Waals surface area contributed by atoms with Crippen molar-refractivity contribution in [3.05, 3.63) is 146 Å². The van der Waals surface area contributed by atoms with Crippen LogP contribution in [0.3, 0.4) is 0 Å². The van der Waals surface area contributed by atoms with Crippen molar-refractivity contribution >= 4 is 37.1 Å². The molecule has 0 spiro atoms. The van der Waals surface area contributed by atoms with Crippen LogP contribution in [0.4, 0.5) is 0 Å². The summed E-state index contributed by atoms with van der Waals surface area (Å²) in [5.74, 6) is 0.440. The van der Waals surface area contributed by atoms with Crippen LogP contribution in [0.25, 0.3) is 0 Å². The average Bonchev–Trinajstić information content (AvgIpc) is 2.94. The Kier molecular flexibility index (Phi) is 12.1. The van der Waals surface area contributed by atoms with Crippen molar-refractivity contribution in [2.75, 3.05) is 0 Å². The fourth-order valence-corrected chi connectivity index (χ4v) is 14.4. The van der Waals surface area contributed by atoms with E-state index >= 15 is 0 Å². The zero-order valence-corrected chi connectivity index (χ0v) is 26.9. The summed E-state index contributed by atoms with van der Waals surface area (Å²) < 4.78 is 0. The number of rotatable bonds is 12. The van der Waals surface area contributed by atoms with Gasteiger partial charge in [0.2, 0.25) is 0 Å². The van der Waals surface area contributed by atoms with Gasteiger partial charge in [-0.05, 0) is 69.7 Å². The maximum absolute atomic E-state index is 4.57. The van der Waals surface area contributed by atoms with Gasteiger partial charge in [0, 0.05) is 24.4 Å². The summed E-state index contributed by atoms with van der Waals surface area (Å²) in [6.07, 6.45) is 3.09. The van der Waals surface area contributed by atoms with Crippen molar-refractivity contribution in [1.82, 2.24) is 0 Å². The molecule has 0 aliphatic carbocycles. The van der Waals surface area contributed by atoms with E-state index < -0.39 is 15.8 Å². The summed E-state index contributed by atoms with van der Waals surface area (Å²) in [7, 11) is -1.53. The molecule has 0 heterocycles. The van der Waals surface area contributed by atoms with Gasteiger partial charge in [0.1, 0.15) is 0 Å². The van der Waals surface area contributed by atoms with Crippen molar-refractivity contribution in [2.45, 2.75) is 44.9 Å². The van der Waals surface area contributed by atoms with Crippen molar-refractivity contribution < 1.29 is 19.5 Å². The summed E-state index contributed by atoms with van der Waals surface area (Å²) in [5, 5.41) is 5.76. The average molecular weight is 636 g/mol. The molecule has 4 rings (SSSR count). The van der Waals surface area contributed by atoms with Crippen LogP contribution in [0.2, 0.25) is 0 Å². The van der Waals surface area contributed by atoms with E-state index in [1.54, 1.807) is 0 Å². The molecular formula is C36H40P2Ru. The van der Waals surface area contributed by atoms with Gasteiger partial charge in [-0.2, -0.15) is 0 Å². The first-order valence-corrected chi connectivity index (χ1v) is 16.2. The Morgan fingerprint density at radius 2 is 0.897 bits per heavy atom. The largest absolute Gasteiger partial charge is 0.100 e. The molecular weight excluding hydrogens is 595 g/mol. The Hall–Kier alpha value is -2.16. The van der Waals surface area contributed by atoms with Crippen LogP contribution >= 0.6 is 15.8 Å². The van der Waals surface area contributed by atoms with Gasteiger partial charge in [0.25, 0.3) is 0 Å². The van der Waals surface area contributed by atoms with Gasteiger partial charge in [-0.15, -0.1) is 13.2 Å².